The summed E-state index contributed by atoms with van der Waals surface area (Å²) in [4.78, 5) is 24.5. The van der Waals surface area contributed by atoms with E-state index in [9.17, 15) is 39.8 Å². The lowest BCUT2D eigenvalue weighted by atomic mass is 9.92. The largest absolute Gasteiger partial charge is 0.508 e. The third-order valence-corrected chi connectivity index (χ3v) is 5.18. The van der Waals surface area contributed by atoms with Crippen LogP contribution in [0.1, 0.15) is 22.0 Å². The van der Waals surface area contributed by atoms with E-state index in [1.807, 2.05) is 0 Å². The number of Topliss-reactive ketones (excluding diaryl/α,β-unsaturated/α-hetero) is 1. The first kappa shape index (κ1) is 22.7. The molecular formula is C18H20NO11P. The second-order valence-electron chi connectivity index (χ2n) is 6.98. The summed E-state index contributed by atoms with van der Waals surface area (Å²) >= 11 is 0. The number of benzene rings is 2. The summed E-state index contributed by atoms with van der Waals surface area (Å²) in [6, 6.07) is 3.79. The molecule has 1 heterocycles. The Labute approximate surface area is 175 Å². The van der Waals surface area contributed by atoms with Crippen LogP contribution in [0, 0.1) is 0 Å². The molecule has 0 saturated carbocycles. The van der Waals surface area contributed by atoms with E-state index in [1.165, 1.54) is 4.90 Å². The molecule has 31 heavy (non-hydrogen) atoms. The van der Waals surface area contributed by atoms with Gasteiger partial charge in [0.2, 0.25) is 5.78 Å². The van der Waals surface area contributed by atoms with E-state index in [0.717, 1.165) is 24.3 Å². The van der Waals surface area contributed by atoms with E-state index in [4.69, 9.17) is 13.8 Å². The van der Waals surface area contributed by atoms with Gasteiger partial charge < -0.3 is 35.2 Å². The molecule has 0 bridgehead atoms. The fraction of sp³-hybridized carbons (Fsp3) is 0.278. The summed E-state index contributed by atoms with van der Waals surface area (Å²) in [6.07, 6.45) is -3.41. The Morgan fingerprint density at radius 3 is 2.23 bits per heavy atom. The highest BCUT2D eigenvalue weighted by molar-refractivity contribution is 7.47. The maximum Gasteiger partial charge on any atom is 0.474 e. The van der Waals surface area contributed by atoms with Crippen molar-refractivity contribution in [1.29, 1.82) is 0 Å². The Balaban J connectivity index is 2.09. The second kappa shape index (κ2) is 8.25. The quantitative estimate of drug-likeness (QED) is 0.209. The number of phosphoric acid groups is 1. The first-order chi connectivity index (χ1) is 14.4. The molecule has 1 aliphatic rings. The number of hydrogen-bond donors (Lipinski definition) is 6. The van der Waals surface area contributed by atoms with Gasteiger partial charge >= 0.3 is 7.82 Å². The maximum atomic E-state index is 13.1. The third-order valence-electron chi connectivity index (χ3n) is 4.25. The molecule has 0 fully saturated rings. The highest BCUT2D eigenvalue weighted by atomic mass is 31.2. The summed E-state index contributed by atoms with van der Waals surface area (Å²) in [7, 11) is -1.72. The number of ether oxygens (including phenoxy) is 1. The number of aromatic hydroxyl groups is 5. The van der Waals surface area contributed by atoms with E-state index < -0.39 is 60.1 Å². The molecule has 2 aromatic rings. The van der Waals surface area contributed by atoms with Crippen LogP contribution in [0.5, 0.6) is 34.5 Å². The molecule has 13 heteroatoms. The Kier molecular flexibility index (Phi) is 6.03. The van der Waals surface area contributed by atoms with E-state index in [2.05, 4.69) is 0 Å². The molecule has 3 rings (SSSR count). The Bertz CT molecular complexity index is 1050. The Hall–Kier alpha value is -3.02. The molecule has 0 aliphatic carbocycles. The number of nitrogens with zero attached hydrogens (tertiary/aromatic N) is 1. The third kappa shape index (κ3) is 4.68. The average Bonchev–Trinajstić information content (AvgIpc) is 2.65. The predicted molar refractivity (Wildman–Crippen MR) is 103 cm³/mol. The van der Waals surface area contributed by atoms with Crippen LogP contribution in [0.3, 0.4) is 0 Å². The predicted octanol–water partition coefficient (Wildman–Crippen LogP) is 1.55. The van der Waals surface area contributed by atoms with Crippen LogP contribution in [-0.2, 0) is 13.6 Å². The number of carbonyl (C=O) groups excluding carboxylic acids is 1. The Morgan fingerprint density at radius 1 is 1.03 bits per heavy atom. The van der Waals surface area contributed by atoms with Crippen molar-refractivity contribution in [3.05, 3.63) is 35.4 Å². The number of hydrogen-bond acceptors (Lipinski definition) is 11. The number of fused-ring (bicyclic) bond motifs is 1. The SMILES string of the molecule is CN(C)COP(=O)(O)O[C@H]1C(=O)c2c(O)cc(O)cc2O[C@@H]1c1cc(O)c(O)c(O)c1. The van der Waals surface area contributed by atoms with Gasteiger partial charge in [0.25, 0.3) is 0 Å². The zero-order valence-electron chi connectivity index (χ0n) is 16.3. The van der Waals surface area contributed by atoms with Crippen LogP contribution in [0.15, 0.2) is 24.3 Å². The Morgan fingerprint density at radius 2 is 1.65 bits per heavy atom. The molecule has 1 aliphatic heterocycles. The van der Waals surface area contributed by atoms with Crippen LogP contribution in [0.25, 0.3) is 0 Å². The summed E-state index contributed by atoms with van der Waals surface area (Å²) in [5, 5.41) is 49.0. The van der Waals surface area contributed by atoms with Crippen molar-refractivity contribution in [2.24, 2.45) is 0 Å². The molecule has 6 N–H and O–H groups in total. The fourth-order valence-electron chi connectivity index (χ4n) is 2.90. The smallest absolute Gasteiger partial charge is 0.474 e. The van der Waals surface area contributed by atoms with Crippen molar-refractivity contribution in [2.45, 2.75) is 12.2 Å². The van der Waals surface area contributed by atoms with Crippen molar-refractivity contribution >= 4 is 13.6 Å². The van der Waals surface area contributed by atoms with Crippen LogP contribution in [0.2, 0.25) is 0 Å². The molecule has 1 unspecified atom stereocenters. The number of carbonyl (C=O) groups is 1. The summed E-state index contributed by atoms with van der Waals surface area (Å²) in [5.74, 6) is -4.71. The van der Waals surface area contributed by atoms with Gasteiger partial charge in [-0.2, -0.15) is 0 Å². The minimum atomic E-state index is -4.83. The first-order valence-electron chi connectivity index (χ1n) is 8.71. The van der Waals surface area contributed by atoms with Crippen molar-refractivity contribution in [3.8, 4) is 34.5 Å². The number of phenols is 5. The molecule has 0 amide bonds. The molecule has 0 aromatic heterocycles. The average molecular weight is 457 g/mol. The van der Waals surface area contributed by atoms with Gasteiger partial charge in [0.05, 0.1) is 0 Å². The van der Waals surface area contributed by atoms with Crippen molar-refractivity contribution in [3.63, 3.8) is 0 Å². The van der Waals surface area contributed by atoms with Crippen molar-refractivity contribution in [2.75, 3.05) is 20.8 Å². The van der Waals surface area contributed by atoms with Gasteiger partial charge in [0, 0.05) is 17.7 Å². The monoisotopic (exact) mass is 457 g/mol. The number of phosphoric ester groups is 1. The molecule has 0 radical (unpaired) electrons. The maximum absolute atomic E-state index is 13.1. The molecule has 168 valence electrons. The van der Waals surface area contributed by atoms with Gasteiger partial charge in [-0.05, 0) is 26.2 Å². The lowest BCUT2D eigenvalue weighted by molar-refractivity contribution is 0.00788. The van der Waals surface area contributed by atoms with Crippen molar-refractivity contribution < 1.29 is 53.6 Å². The standard InChI is InChI=1S/C18H20NO11P/c1-19(2)7-28-31(26,27)30-18-16(25)14-10(21)5-9(20)6-13(14)29-17(18)8-3-11(22)15(24)12(23)4-8/h3-6,17-18,20-24H,7H2,1-2H3,(H,26,27)/t17-,18+/m1/s1. The van der Waals surface area contributed by atoms with Crippen LogP contribution in [0.4, 0.5) is 0 Å². The van der Waals surface area contributed by atoms with E-state index >= 15 is 0 Å². The van der Waals surface area contributed by atoms with E-state index in [-0.39, 0.29) is 18.0 Å². The van der Waals surface area contributed by atoms with Crippen molar-refractivity contribution in [1.82, 2.24) is 4.90 Å². The lowest BCUT2D eigenvalue weighted by Gasteiger charge is -2.33. The van der Waals surface area contributed by atoms with Gasteiger partial charge in [-0.1, -0.05) is 0 Å². The number of ketones is 1. The van der Waals surface area contributed by atoms with Crippen LogP contribution in [-0.4, -0.2) is 68.0 Å². The number of phenolic OH excluding ortho intramolecular Hbond substituents is 5. The fourth-order valence-corrected chi connectivity index (χ4v) is 3.83. The van der Waals surface area contributed by atoms with Crippen LogP contribution >= 0.6 is 7.82 Å². The van der Waals surface area contributed by atoms with E-state index in [1.54, 1.807) is 14.1 Å². The minimum Gasteiger partial charge on any atom is -0.508 e. The van der Waals surface area contributed by atoms with E-state index in [0.29, 0.717) is 0 Å². The summed E-state index contributed by atoms with van der Waals surface area (Å²) < 4.78 is 27.8. The normalized spacial score (nSPS) is 20.2. The highest BCUT2D eigenvalue weighted by Gasteiger charge is 2.45. The van der Waals surface area contributed by atoms with Gasteiger partial charge in [-0.25, -0.2) is 4.57 Å². The summed E-state index contributed by atoms with van der Waals surface area (Å²) in [5.41, 5.74) is -0.536. The molecule has 0 spiro atoms. The van der Waals surface area contributed by atoms with Crippen LogP contribution < -0.4 is 4.74 Å². The molecule has 12 nitrogen and oxygen atoms in total. The molecule has 3 atom stereocenters. The highest BCUT2D eigenvalue weighted by Crippen LogP contribution is 2.51. The molecule has 0 saturated heterocycles. The van der Waals surface area contributed by atoms with Gasteiger partial charge in [0.15, 0.2) is 29.5 Å². The topological polar surface area (TPSA) is 186 Å². The minimum absolute atomic E-state index is 0.118. The lowest BCUT2D eigenvalue weighted by Crippen LogP contribution is -2.38. The van der Waals surface area contributed by atoms with Gasteiger partial charge in [-0.3, -0.25) is 18.7 Å². The zero-order chi connectivity index (χ0) is 23.1. The summed E-state index contributed by atoms with van der Waals surface area (Å²) in [6.45, 7) is -0.323. The second-order valence-corrected chi connectivity index (χ2v) is 8.39. The number of rotatable bonds is 6. The zero-order valence-corrected chi connectivity index (χ0v) is 17.2. The molecular weight excluding hydrogens is 437 g/mol. The van der Waals surface area contributed by atoms with Gasteiger partial charge in [-0.15, -0.1) is 0 Å². The molecule has 2 aromatic carbocycles. The van der Waals surface area contributed by atoms with Gasteiger partial charge in [0.1, 0.15) is 29.5 Å². The first-order valence-corrected chi connectivity index (χ1v) is 10.2.